The van der Waals surface area contributed by atoms with E-state index >= 15 is 0 Å². The molecule has 3 N–H and O–H groups in total. The number of nitrogens with one attached hydrogen (secondary N) is 1. The Morgan fingerprint density at radius 2 is 1.59 bits per heavy atom. The fourth-order valence-corrected chi connectivity index (χ4v) is 3.29. The van der Waals surface area contributed by atoms with Crippen LogP contribution in [-0.4, -0.2) is 53.4 Å². The first-order valence-corrected chi connectivity index (χ1v) is 9.60. The molecule has 2 aromatic carbocycles. The predicted molar refractivity (Wildman–Crippen MR) is 106 cm³/mol. The number of aliphatic hydroxyl groups excluding tert-OH is 2. The molecular weight excluding hydrogens is 374 g/mol. The summed E-state index contributed by atoms with van der Waals surface area (Å²) in [5.74, 6) is -0.350. The zero-order chi connectivity index (χ0) is 20.6. The van der Waals surface area contributed by atoms with Gasteiger partial charge in [0.05, 0.1) is 19.8 Å². The van der Waals surface area contributed by atoms with Gasteiger partial charge in [-0.15, -0.1) is 0 Å². The van der Waals surface area contributed by atoms with Crippen LogP contribution >= 0.6 is 0 Å². The van der Waals surface area contributed by atoms with Gasteiger partial charge in [-0.05, 0) is 11.1 Å². The van der Waals surface area contributed by atoms with E-state index in [2.05, 4.69) is 5.32 Å². The summed E-state index contributed by atoms with van der Waals surface area (Å²) in [4.78, 5) is 11.6. The minimum atomic E-state index is -1.33. The Bertz CT molecular complexity index is 756. The van der Waals surface area contributed by atoms with Crippen molar-refractivity contribution in [1.82, 2.24) is 5.32 Å². The lowest BCUT2D eigenvalue weighted by Crippen LogP contribution is -2.64. The number of benzene rings is 2. The number of aliphatic hydroxyl groups is 2. The van der Waals surface area contributed by atoms with E-state index in [-0.39, 0.29) is 19.1 Å². The lowest BCUT2D eigenvalue weighted by molar-refractivity contribution is -0.266. The van der Waals surface area contributed by atoms with Crippen LogP contribution in [0, 0.1) is 0 Å². The Kier molecular flexibility index (Phi) is 7.74. The van der Waals surface area contributed by atoms with Crippen molar-refractivity contribution >= 4 is 5.91 Å². The van der Waals surface area contributed by atoms with Gasteiger partial charge in [-0.25, -0.2) is 0 Å². The molecule has 3 rings (SSSR count). The van der Waals surface area contributed by atoms with Gasteiger partial charge in [-0.2, -0.15) is 0 Å². The fourth-order valence-electron chi connectivity index (χ4n) is 3.29. The molecule has 7 heteroatoms. The quantitative estimate of drug-likeness (QED) is 0.618. The highest BCUT2D eigenvalue weighted by Gasteiger charge is 2.46. The molecule has 1 amide bonds. The molecule has 2 aromatic rings. The Hall–Kier alpha value is -2.29. The van der Waals surface area contributed by atoms with Gasteiger partial charge in [-0.1, -0.05) is 60.7 Å². The predicted octanol–water partition coefficient (Wildman–Crippen LogP) is 1.37. The SMILES string of the molecule is CC(=O)N[C@H]1[C@@H](O)O[C@H](COCc2ccccc2)C(O)[C@@H]1OCc1ccccc1. The average Bonchev–Trinajstić information content (AvgIpc) is 2.72. The molecule has 29 heavy (non-hydrogen) atoms. The third-order valence-electron chi connectivity index (χ3n) is 4.74. The van der Waals surface area contributed by atoms with Crippen LogP contribution in [0.25, 0.3) is 0 Å². The van der Waals surface area contributed by atoms with E-state index in [0.29, 0.717) is 6.61 Å². The van der Waals surface area contributed by atoms with Crippen LogP contribution in [0.15, 0.2) is 60.7 Å². The molecule has 0 saturated carbocycles. The zero-order valence-electron chi connectivity index (χ0n) is 16.3. The van der Waals surface area contributed by atoms with Gasteiger partial charge in [-0.3, -0.25) is 4.79 Å². The molecule has 1 saturated heterocycles. The van der Waals surface area contributed by atoms with Crippen LogP contribution in [0.4, 0.5) is 0 Å². The second kappa shape index (κ2) is 10.5. The van der Waals surface area contributed by atoms with Gasteiger partial charge < -0.3 is 29.7 Å². The van der Waals surface area contributed by atoms with Crippen molar-refractivity contribution in [3.63, 3.8) is 0 Å². The van der Waals surface area contributed by atoms with Gasteiger partial charge in [0.15, 0.2) is 6.29 Å². The Morgan fingerprint density at radius 1 is 1.00 bits per heavy atom. The monoisotopic (exact) mass is 401 g/mol. The Morgan fingerprint density at radius 3 is 2.17 bits per heavy atom. The van der Waals surface area contributed by atoms with Crippen LogP contribution in [0.1, 0.15) is 18.1 Å². The topological polar surface area (TPSA) is 97.3 Å². The summed E-state index contributed by atoms with van der Waals surface area (Å²) in [7, 11) is 0. The maximum atomic E-state index is 11.6. The minimum absolute atomic E-state index is 0.0745. The summed E-state index contributed by atoms with van der Waals surface area (Å²) >= 11 is 0. The Balaban J connectivity index is 1.64. The highest BCUT2D eigenvalue weighted by Crippen LogP contribution is 2.24. The second-order valence-electron chi connectivity index (χ2n) is 7.04. The first kappa shape index (κ1) is 21.4. The van der Waals surface area contributed by atoms with E-state index in [4.69, 9.17) is 14.2 Å². The number of carbonyl (C=O) groups excluding carboxylic acids is 1. The molecule has 156 valence electrons. The molecule has 0 spiro atoms. The van der Waals surface area contributed by atoms with Crippen molar-refractivity contribution in [1.29, 1.82) is 0 Å². The highest BCUT2D eigenvalue weighted by molar-refractivity contribution is 5.73. The van der Waals surface area contributed by atoms with E-state index in [0.717, 1.165) is 11.1 Å². The molecule has 1 fully saturated rings. The van der Waals surface area contributed by atoms with Crippen molar-refractivity contribution in [3.8, 4) is 0 Å². The van der Waals surface area contributed by atoms with E-state index in [1.54, 1.807) is 0 Å². The normalized spacial score (nSPS) is 26.8. The summed E-state index contributed by atoms with van der Waals surface area (Å²) < 4.78 is 17.1. The number of hydrogen-bond acceptors (Lipinski definition) is 6. The third-order valence-corrected chi connectivity index (χ3v) is 4.74. The summed E-state index contributed by atoms with van der Waals surface area (Å²) in [6, 6.07) is 18.2. The minimum Gasteiger partial charge on any atom is -0.388 e. The second-order valence-corrected chi connectivity index (χ2v) is 7.04. The molecule has 0 aromatic heterocycles. The number of ether oxygens (including phenoxy) is 3. The largest absolute Gasteiger partial charge is 0.388 e. The zero-order valence-corrected chi connectivity index (χ0v) is 16.3. The molecule has 1 unspecified atom stereocenters. The van der Waals surface area contributed by atoms with Gasteiger partial charge in [0.1, 0.15) is 24.4 Å². The lowest BCUT2D eigenvalue weighted by Gasteiger charge is -2.42. The van der Waals surface area contributed by atoms with Crippen LogP contribution in [0.2, 0.25) is 0 Å². The molecular formula is C22H27NO6. The summed E-state index contributed by atoms with van der Waals surface area (Å²) in [5.41, 5.74) is 1.91. The smallest absolute Gasteiger partial charge is 0.217 e. The standard InChI is InChI=1S/C22H27NO6/c1-15(24)23-19-21(28-13-17-10-6-3-7-11-17)20(25)18(29-22(19)26)14-27-12-16-8-4-2-5-9-16/h2-11,18-22,25-26H,12-14H2,1H3,(H,23,24)/t18-,19-,20?,21-,22+/m1/s1. The van der Waals surface area contributed by atoms with Crippen LogP contribution < -0.4 is 5.32 Å². The molecule has 0 radical (unpaired) electrons. The number of amides is 1. The molecule has 1 heterocycles. The van der Waals surface area contributed by atoms with Gasteiger partial charge in [0, 0.05) is 6.92 Å². The molecule has 0 bridgehead atoms. The first-order chi connectivity index (χ1) is 14.0. The fraction of sp³-hybridized carbons (Fsp3) is 0.409. The van der Waals surface area contributed by atoms with Crippen molar-refractivity contribution in [2.24, 2.45) is 0 Å². The van der Waals surface area contributed by atoms with E-state index in [1.807, 2.05) is 60.7 Å². The maximum Gasteiger partial charge on any atom is 0.217 e. The highest BCUT2D eigenvalue weighted by atomic mass is 16.6. The lowest BCUT2D eigenvalue weighted by atomic mass is 9.96. The average molecular weight is 401 g/mol. The van der Waals surface area contributed by atoms with Gasteiger partial charge >= 0.3 is 0 Å². The Labute approximate surface area is 170 Å². The van der Waals surface area contributed by atoms with Crippen LogP contribution in [-0.2, 0) is 32.2 Å². The van der Waals surface area contributed by atoms with Crippen LogP contribution in [0.3, 0.4) is 0 Å². The molecule has 1 aliphatic rings. The van der Waals surface area contributed by atoms with Gasteiger partial charge in [0.25, 0.3) is 0 Å². The number of carbonyl (C=O) groups is 1. The summed E-state index contributed by atoms with van der Waals surface area (Å²) in [6.45, 7) is 1.99. The van der Waals surface area contributed by atoms with E-state index in [1.165, 1.54) is 6.92 Å². The third kappa shape index (κ3) is 6.09. The first-order valence-electron chi connectivity index (χ1n) is 9.60. The van der Waals surface area contributed by atoms with Crippen molar-refractivity contribution in [3.05, 3.63) is 71.8 Å². The van der Waals surface area contributed by atoms with Crippen molar-refractivity contribution in [2.75, 3.05) is 6.61 Å². The number of rotatable bonds is 8. The molecule has 0 aliphatic carbocycles. The summed E-state index contributed by atoms with van der Waals surface area (Å²) in [6.07, 6.45) is -4.06. The van der Waals surface area contributed by atoms with E-state index in [9.17, 15) is 15.0 Å². The molecule has 7 nitrogen and oxygen atoms in total. The summed E-state index contributed by atoms with van der Waals surface area (Å²) in [5, 5.41) is 23.8. The van der Waals surface area contributed by atoms with Crippen molar-refractivity contribution in [2.45, 2.75) is 50.8 Å². The van der Waals surface area contributed by atoms with Gasteiger partial charge in [0.2, 0.25) is 5.91 Å². The number of hydrogen-bond donors (Lipinski definition) is 3. The molecule has 5 atom stereocenters. The van der Waals surface area contributed by atoms with Crippen molar-refractivity contribution < 1.29 is 29.2 Å². The van der Waals surface area contributed by atoms with E-state index < -0.39 is 30.6 Å². The molecule has 1 aliphatic heterocycles. The van der Waals surface area contributed by atoms with Crippen LogP contribution in [0.5, 0.6) is 0 Å². The maximum absolute atomic E-state index is 11.6.